The summed E-state index contributed by atoms with van der Waals surface area (Å²) in [5.41, 5.74) is 1.49. The van der Waals surface area contributed by atoms with Gasteiger partial charge in [0, 0.05) is 6.04 Å². The normalized spacial score (nSPS) is 12.1. The molecule has 1 aromatic rings. The first-order valence-corrected chi connectivity index (χ1v) is 5.24. The van der Waals surface area contributed by atoms with E-state index >= 15 is 0 Å². The highest BCUT2D eigenvalue weighted by atomic mass is 16.3. The Balaban J connectivity index is 2.60. The highest BCUT2D eigenvalue weighted by Gasteiger charge is 2.02. The largest absolute Gasteiger partial charge is 0.506 e. The Morgan fingerprint density at radius 3 is 2.80 bits per heavy atom. The molecule has 0 saturated heterocycles. The maximum Gasteiger partial charge on any atom is 0.134 e. The number of pyridine rings is 1. The van der Waals surface area contributed by atoms with Crippen molar-refractivity contribution in [3.63, 3.8) is 0 Å². The number of nitrogens with zero attached hydrogens (tertiary/aromatic N) is 1. The van der Waals surface area contributed by atoms with Gasteiger partial charge in [0.05, 0.1) is 11.9 Å². The molecule has 0 bridgehead atoms. The Morgan fingerprint density at radius 1 is 1.60 bits per heavy atom. The summed E-state index contributed by atoms with van der Waals surface area (Å²) in [6.45, 7) is 7.72. The number of hydrogen-bond acceptors (Lipinski definition) is 3. The van der Waals surface area contributed by atoms with Crippen LogP contribution in [0, 0.1) is 0 Å². The molecule has 1 aromatic heterocycles. The minimum atomic E-state index is 0.00292. The molecule has 15 heavy (non-hydrogen) atoms. The van der Waals surface area contributed by atoms with Crippen molar-refractivity contribution in [1.82, 2.24) is 4.98 Å². The van der Waals surface area contributed by atoms with E-state index in [1.165, 1.54) is 0 Å². The summed E-state index contributed by atoms with van der Waals surface area (Å²) in [5, 5.41) is 12.4. The number of aliphatic hydroxyl groups is 1. The molecule has 1 unspecified atom stereocenters. The van der Waals surface area contributed by atoms with Crippen LogP contribution in [0.15, 0.2) is 24.9 Å². The van der Waals surface area contributed by atoms with Gasteiger partial charge in [-0.1, -0.05) is 19.9 Å². The van der Waals surface area contributed by atoms with Gasteiger partial charge in [-0.15, -0.1) is 0 Å². The van der Waals surface area contributed by atoms with E-state index in [0.29, 0.717) is 11.7 Å². The van der Waals surface area contributed by atoms with Crippen molar-refractivity contribution in [2.45, 2.75) is 32.7 Å². The van der Waals surface area contributed by atoms with E-state index in [4.69, 9.17) is 5.11 Å². The number of hydrogen-bond donors (Lipinski definition) is 2. The van der Waals surface area contributed by atoms with Crippen LogP contribution in [0.3, 0.4) is 0 Å². The lowest BCUT2D eigenvalue weighted by atomic mass is 10.2. The molecular weight excluding hydrogens is 188 g/mol. The fraction of sp³-hybridized carbons (Fsp3) is 0.417. The molecule has 0 spiro atoms. The molecule has 0 aromatic carbocycles. The third-order valence-corrected chi connectivity index (χ3v) is 2.19. The lowest BCUT2D eigenvalue weighted by Gasteiger charge is -2.13. The Bertz CT molecular complexity index is 319. The van der Waals surface area contributed by atoms with E-state index < -0.39 is 0 Å². The highest BCUT2D eigenvalue weighted by molar-refractivity contribution is 5.54. The van der Waals surface area contributed by atoms with Crippen molar-refractivity contribution in [1.29, 1.82) is 0 Å². The topological polar surface area (TPSA) is 45.1 Å². The molecule has 0 aliphatic rings. The number of nitrogens with one attached hydrogen (secondary N) is 1. The fourth-order valence-electron chi connectivity index (χ4n) is 1.44. The quantitative estimate of drug-likeness (QED) is 0.727. The molecule has 0 fully saturated rings. The SMILES string of the molecule is C=C(O)c1ccc(NC(C)CCC)cn1. The number of aromatic nitrogens is 1. The smallest absolute Gasteiger partial charge is 0.134 e. The van der Waals surface area contributed by atoms with Crippen molar-refractivity contribution in [3.8, 4) is 0 Å². The van der Waals surface area contributed by atoms with Crippen molar-refractivity contribution in [2.75, 3.05) is 5.32 Å². The van der Waals surface area contributed by atoms with Gasteiger partial charge in [-0.25, -0.2) is 0 Å². The van der Waals surface area contributed by atoms with Crippen LogP contribution in [0.25, 0.3) is 5.76 Å². The molecule has 3 nitrogen and oxygen atoms in total. The monoisotopic (exact) mass is 206 g/mol. The standard InChI is InChI=1S/C12H18N2O/c1-4-5-9(2)14-11-6-7-12(10(3)15)13-8-11/h6-9,14-15H,3-5H2,1-2H3. The first kappa shape index (κ1) is 11.6. The van der Waals surface area contributed by atoms with Crippen molar-refractivity contribution >= 4 is 11.4 Å². The first-order chi connectivity index (χ1) is 7.13. The van der Waals surface area contributed by atoms with Gasteiger partial charge in [-0.2, -0.15) is 0 Å². The van der Waals surface area contributed by atoms with Gasteiger partial charge in [0.25, 0.3) is 0 Å². The molecule has 0 saturated carbocycles. The summed E-state index contributed by atoms with van der Waals surface area (Å²) >= 11 is 0. The maximum atomic E-state index is 9.10. The second kappa shape index (κ2) is 5.39. The minimum Gasteiger partial charge on any atom is -0.506 e. The lowest BCUT2D eigenvalue weighted by Crippen LogP contribution is -2.14. The lowest BCUT2D eigenvalue weighted by molar-refractivity contribution is 0.510. The van der Waals surface area contributed by atoms with Crippen molar-refractivity contribution in [2.24, 2.45) is 0 Å². The van der Waals surface area contributed by atoms with Crippen LogP contribution in [0.5, 0.6) is 0 Å². The maximum absolute atomic E-state index is 9.10. The second-order valence-corrected chi connectivity index (χ2v) is 3.71. The third-order valence-electron chi connectivity index (χ3n) is 2.19. The molecule has 2 N–H and O–H groups in total. The summed E-state index contributed by atoms with van der Waals surface area (Å²) in [7, 11) is 0. The first-order valence-electron chi connectivity index (χ1n) is 5.24. The van der Waals surface area contributed by atoms with Gasteiger partial charge in [-0.3, -0.25) is 4.98 Å². The summed E-state index contributed by atoms with van der Waals surface area (Å²) < 4.78 is 0. The van der Waals surface area contributed by atoms with E-state index in [1.807, 2.05) is 6.07 Å². The van der Waals surface area contributed by atoms with Gasteiger partial charge >= 0.3 is 0 Å². The second-order valence-electron chi connectivity index (χ2n) is 3.71. The minimum absolute atomic E-state index is 0.00292. The van der Waals surface area contributed by atoms with E-state index in [1.54, 1.807) is 12.3 Å². The number of anilines is 1. The van der Waals surface area contributed by atoms with Crippen LogP contribution in [0.2, 0.25) is 0 Å². The number of aliphatic hydroxyl groups excluding tert-OH is 1. The van der Waals surface area contributed by atoms with E-state index in [0.717, 1.165) is 18.5 Å². The van der Waals surface area contributed by atoms with Crippen LogP contribution in [-0.4, -0.2) is 16.1 Å². The van der Waals surface area contributed by atoms with Gasteiger partial charge < -0.3 is 10.4 Å². The Morgan fingerprint density at radius 2 is 2.33 bits per heavy atom. The highest BCUT2D eigenvalue weighted by Crippen LogP contribution is 2.12. The van der Waals surface area contributed by atoms with Gasteiger partial charge in [0.15, 0.2) is 0 Å². The van der Waals surface area contributed by atoms with Crippen LogP contribution in [0.4, 0.5) is 5.69 Å². The third kappa shape index (κ3) is 3.62. The van der Waals surface area contributed by atoms with Gasteiger partial charge in [-0.05, 0) is 25.5 Å². The predicted octanol–water partition coefficient (Wildman–Crippen LogP) is 3.21. The summed E-state index contributed by atoms with van der Waals surface area (Å²) in [4.78, 5) is 4.08. The molecule has 0 radical (unpaired) electrons. The van der Waals surface area contributed by atoms with Crippen LogP contribution in [0.1, 0.15) is 32.4 Å². The van der Waals surface area contributed by atoms with Crippen LogP contribution >= 0.6 is 0 Å². The zero-order valence-electron chi connectivity index (χ0n) is 9.33. The van der Waals surface area contributed by atoms with E-state index in [2.05, 4.69) is 30.7 Å². The van der Waals surface area contributed by atoms with Gasteiger partial charge in [0.2, 0.25) is 0 Å². The summed E-state index contributed by atoms with van der Waals surface area (Å²) in [5.74, 6) is 0.00292. The summed E-state index contributed by atoms with van der Waals surface area (Å²) in [6.07, 6.45) is 4.00. The van der Waals surface area contributed by atoms with Gasteiger partial charge in [0.1, 0.15) is 11.5 Å². The van der Waals surface area contributed by atoms with Crippen molar-refractivity contribution < 1.29 is 5.11 Å². The van der Waals surface area contributed by atoms with E-state index in [9.17, 15) is 0 Å². The van der Waals surface area contributed by atoms with Crippen molar-refractivity contribution in [3.05, 3.63) is 30.6 Å². The average Bonchev–Trinajstić information content (AvgIpc) is 2.18. The molecular formula is C12H18N2O. The molecule has 1 heterocycles. The molecule has 0 aliphatic heterocycles. The fourth-order valence-corrected chi connectivity index (χ4v) is 1.44. The number of rotatable bonds is 5. The molecule has 0 amide bonds. The Labute approximate surface area is 90.9 Å². The molecule has 3 heteroatoms. The molecule has 82 valence electrons. The predicted molar refractivity (Wildman–Crippen MR) is 63.9 cm³/mol. The molecule has 0 aliphatic carbocycles. The molecule has 1 rings (SSSR count). The Hall–Kier alpha value is -1.51. The zero-order chi connectivity index (χ0) is 11.3. The molecule has 1 atom stereocenters. The van der Waals surface area contributed by atoms with Crippen LogP contribution in [-0.2, 0) is 0 Å². The zero-order valence-corrected chi connectivity index (χ0v) is 9.33. The average molecular weight is 206 g/mol. The van der Waals surface area contributed by atoms with Crippen LogP contribution < -0.4 is 5.32 Å². The summed E-state index contributed by atoms with van der Waals surface area (Å²) in [6, 6.07) is 4.10. The van der Waals surface area contributed by atoms with E-state index in [-0.39, 0.29) is 5.76 Å². The Kier molecular flexibility index (Phi) is 4.16.